The van der Waals surface area contributed by atoms with Crippen LogP contribution in [0.1, 0.15) is 39.5 Å². The average molecular weight is 258 g/mol. The molecular formula is C12H22N2O2S. The van der Waals surface area contributed by atoms with E-state index in [1.807, 2.05) is 0 Å². The molecule has 1 aliphatic carbocycles. The Kier molecular flexibility index (Phi) is 4.89. The fourth-order valence-corrected chi connectivity index (χ4v) is 2.32. The molecule has 1 rings (SSSR count). The van der Waals surface area contributed by atoms with Gasteiger partial charge < -0.3 is 15.4 Å². The number of amides is 1. The van der Waals surface area contributed by atoms with E-state index in [1.165, 1.54) is 12.8 Å². The average Bonchev–Trinajstić information content (AvgIpc) is 2.77. The lowest BCUT2D eigenvalue weighted by molar-refractivity contribution is -0.152. The standard InChI is InChI=1S/C12H22N2O2S/c1-12(2,16-3)11(15)14(8-10(13)17)9-6-4-5-7-9/h9H,4-8H2,1-3H3,(H2,13,17). The van der Waals surface area contributed by atoms with Crippen molar-refractivity contribution in [2.45, 2.75) is 51.2 Å². The van der Waals surface area contributed by atoms with Crippen LogP contribution in [0.3, 0.4) is 0 Å². The summed E-state index contributed by atoms with van der Waals surface area (Å²) in [6.45, 7) is 3.90. The van der Waals surface area contributed by atoms with Crippen molar-refractivity contribution in [1.29, 1.82) is 0 Å². The van der Waals surface area contributed by atoms with E-state index >= 15 is 0 Å². The molecule has 17 heavy (non-hydrogen) atoms. The summed E-state index contributed by atoms with van der Waals surface area (Å²) in [4.78, 5) is 14.6. The van der Waals surface area contributed by atoms with Gasteiger partial charge in [0.15, 0.2) is 0 Å². The zero-order valence-electron chi connectivity index (χ0n) is 10.9. The lowest BCUT2D eigenvalue weighted by atomic mass is 10.1. The highest BCUT2D eigenvalue weighted by atomic mass is 32.1. The van der Waals surface area contributed by atoms with Gasteiger partial charge in [-0.1, -0.05) is 25.1 Å². The number of nitrogens with zero attached hydrogens (tertiary/aromatic N) is 1. The molecule has 0 unspecified atom stereocenters. The predicted octanol–water partition coefficient (Wildman–Crippen LogP) is 1.47. The minimum Gasteiger partial charge on any atom is -0.392 e. The van der Waals surface area contributed by atoms with E-state index in [4.69, 9.17) is 22.7 Å². The Balaban J connectivity index is 2.81. The van der Waals surface area contributed by atoms with Crippen LogP contribution >= 0.6 is 12.2 Å². The van der Waals surface area contributed by atoms with Crippen molar-refractivity contribution in [3.63, 3.8) is 0 Å². The van der Waals surface area contributed by atoms with Gasteiger partial charge in [-0.15, -0.1) is 0 Å². The Labute approximate surface area is 108 Å². The molecule has 5 heteroatoms. The third kappa shape index (κ3) is 3.64. The molecule has 0 heterocycles. The molecule has 0 aromatic heterocycles. The first kappa shape index (κ1) is 14.4. The number of hydrogen-bond donors (Lipinski definition) is 1. The molecular weight excluding hydrogens is 236 g/mol. The van der Waals surface area contributed by atoms with E-state index in [1.54, 1.807) is 25.9 Å². The van der Waals surface area contributed by atoms with E-state index in [9.17, 15) is 4.79 Å². The van der Waals surface area contributed by atoms with E-state index in [-0.39, 0.29) is 11.9 Å². The number of carbonyl (C=O) groups is 1. The van der Waals surface area contributed by atoms with E-state index in [2.05, 4.69) is 0 Å². The van der Waals surface area contributed by atoms with Crippen molar-refractivity contribution in [2.24, 2.45) is 5.73 Å². The van der Waals surface area contributed by atoms with Crippen molar-refractivity contribution in [3.05, 3.63) is 0 Å². The lowest BCUT2D eigenvalue weighted by Crippen LogP contribution is -2.52. The third-order valence-electron chi connectivity index (χ3n) is 3.38. The first-order chi connectivity index (χ1) is 7.88. The summed E-state index contributed by atoms with van der Waals surface area (Å²) in [5, 5.41) is 0. The highest BCUT2D eigenvalue weighted by Crippen LogP contribution is 2.26. The summed E-state index contributed by atoms with van der Waals surface area (Å²) < 4.78 is 5.25. The number of rotatable bonds is 5. The molecule has 0 saturated heterocycles. The third-order valence-corrected chi connectivity index (χ3v) is 3.51. The highest BCUT2D eigenvalue weighted by molar-refractivity contribution is 7.80. The number of ether oxygens (including phenoxy) is 1. The fourth-order valence-electron chi connectivity index (χ4n) is 2.18. The molecule has 0 aromatic rings. The quantitative estimate of drug-likeness (QED) is 0.759. The van der Waals surface area contributed by atoms with E-state index < -0.39 is 5.60 Å². The van der Waals surface area contributed by atoms with Crippen LogP contribution in [0.25, 0.3) is 0 Å². The molecule has 0 bridgehead atoms. The van der Waals surface area contributed by atoms with E-state index in [0.717, 1.165) is 12.8 Å². The maximum Gasteiger partial charge on any atom is 0.254 e. The summed E-state index contributed by atoms with van der Waals surface area (Å²) in [6, 6.07) is 0.262. The molecule has 0 aliphatic heterocycles. The monoisotopic (exact) mass is 258 g/mol. The van der Waals surface area contributed by atoms with Gasteiger partial charge in [0.2, 0.25) is 0 Å². The van der Waals surface area contributed by atoms with Gasteiger partial charge in [0.1, 0.15) is 5.60 Å². The van der Waals surface area contributed by atoms with Gasteiger partial charge in [-0.05, 0) is 26.7 Å². The number of hydrogen-bond acceptors (Lipinski definition) is 3. The number of methoxy groups -OCH3 is 1. The minimum absolute atomic E-state index is 0.0281. The van der Waals surface area contributed by atoms with Gasteiger partial charge >= 0.3 is 0 Å². The van der Waals surface area contributed by atoms with Crippen LogP contribution in [0, 0.1) is 0 Å². The normalized spacial score (nSPS) is 17.1. The van der Waals surface area contributed by atoms with E-state index in [0.29, 0.717) is 11.5 Å². The highest BCUT2D eigenvalue weighted by Gasteiger charge is 2.36. The molecule has 1 aliphatic rings. The first-order valence-electron chi connectivity index (χ1n) is 6.03. The molecule has 0 spiro atoms. The smallest absolute Gasteiger partial charge is 0.254 e. The molecule has 1 amide bonds. The molecule has 4 nitrogen and oxygen atoms in total. The first-order valence-corrected chi connectivity index (χ1v) is 6.44. The second-order valence-electron chi connectivity index (χ2n) is 5.05. The molecule has 0 aromatic carbocycles. The summed E-state index contributed by atoms with van der Waals surface area (Å²) in [6.07, 6.45) is 4.40. The second kappa shape index (κ2) is 5.78. The molecule has 98 valence electrons. The van der Waals surface area contributed by atoms with Crippen LogP contribution in [0.5, 0.6) is 0 Å². The van der Waals surface area contributed by atoms with Gasteiger partial charge in [-0.25, -0.2) is 0 Å². The molecule has 1 saturated carbocycles. The Morgan fingerprint density at radius 2 is 2.00 bits per heavy atom. The Bertz CT molecular complexity index is 299. The summed E-state index contributed by atoms with van der Waals surface area (Å²) in [5.74, 6) is -0.0281. The van der Waals surface area contributed by atoms with Crippen molar-refractivity contribution >= 4 is 23.1 Å². The van der Waals surface area contributed by atoms with Crippen LogP contribution in [0.15, 0.2) is 0 Å². The van der Waals surface area contributed by atoms with Crippen molar-refractivity contribution in [2.75, 3.05) is 13.7 Å². The Hall–Kier alpha value is -0.680. The number of thiocarbonyl (C=S) groups is 1. The molecule has 0 atom stereocenters. The van der Waals surface area contributed by atoms with Crippen LogP contribution in [0.4, 0.5) is 0 Å². The number of nitrogens with two attached hydrogens (primary N) is 1. The fraction of sp³-hybridized carbons (Fsp3) is 0.833. The number of carbonyl (C=O) groups excluding carboxylic acids is 1. The zero-order valence-corrected chi connectivity index (χ0v) is 11.7. The summed E-state index contributed by atoms with van der Waals surface area (Å²) in [7, 11) is 1.55. The molecule has 0 radical (unpaired) electrons. The summed E-state index contributed by atoms with van der Waals surface area (Å²) in [5.41, 5.74) is 4.77. The van der Waals surface area contributed by atoms with Crippen molar-refractivity contribution in [3.8, 4) is 0 Å². The van der Waals surface area contributed by atoms with Crippen LogP contribution in [0.2, 0.25) is 0 Å². The van der Waals surface area contributed by atoms with Gasteiger partial charge in [-0.2, -0.15) is 0 Å². The maximum absolute atomic E-state index is 12.4. The van der Waals surface area contributed by atoms with Gasteiger partial charge in [0.05, 0.1) is 11.5 Å². The lowest BCUT2D eigenvalue weighted by Gasteiger charge is -2.34. The van der Waals surface area contributed by atoms with Gasteiger partial charge in [0.25, 0.3) is 5.91 Å². The SMILES string of the molecule is COC(C)(C)C(=O)N(CC(N)=S)C1CCCC1. The largest absolute Gasteiger partial charge is 0.392 e. The predicted molar refractivity (Wildman–Crippen MR) is 71.8 cm³/mol. The van der Waals surface area contributed by atoms with Gasteiger partial charge in [-0.3, -0.25) is 4.79 Å². The summed E-state index contributed by atoms with van der Waals surface area (Å²) >= 11 is 4.93. The van der Waals surface area contributed by atoms with Crippen LogP contribution in [-0.2, 0) is 9.53 Å². The maximum atomic E-state index is 12.4. The van der Waals surface area contributed by atoms with Crippen LogP contribution < -0.4 is 5.73 Å². The second-order valence-corrected chi connectivity index (χ2v) is 5.58. The topological polar surface area (TPSA) is 55.6 Å². The van der Waals surface area contributed by atoms with Crippen LogP contribution in [-0.4, -0.2) is 41.1 Å². The Morgan fingerprint density at radius 1 is 1.47 bits per heavy atom. The molecule has 1 fully saturated rings. The van der Waals surface area contributed by atoms with Crippen molar-refractivity contribution < 1.29 is 9.53 Å². The van der Waals surface area contributed by atoms with Gasteiger partial charge in [0, 0.05) is 13.2 Å². The molecule has 2 N–H and O–H groups in total. The van der Waals surface area contributed by atoms with Crippen molar-refractivity contribution in [1.82, 2.24) is 4.90 Å². The Morgan fingerprint density at radius 3 is 2.41 bits per heavy atom. The minimum atomic E-state index is -0.812. The zero-order chi connectivity index (χ0) is 13.1.